The van der Waals surface area contributed by atoms with Gasteiger partial charge in [0.25, 0.3) is 5.91 Å². The Kier molecular flexibility index (Phi) is 13.2. The molecule has 0 saturated carbocycles. The number of amides is 1. The Balaban J connectivity index is 0.00000226. The van der Waals surface area contributed by atoms with Crippen LogP contribution in [0.15, 0.2) is 85.1 Å². The van der Waals surface area contributed by atoms with Crippen molar-refractivity contribution in [2.75, 3.05) is 13.7 Å². The number of carbonyl (C=O) groups excluding carboxylic acids is 2. The number of aldehydes is 1. The fraction of sp³-hybridized carbons (Fsp3) is 0.324. The van der Waals surface area contributed by atoms with E-state index < -0.39 is 0 Å². The predicted molar refractivity (Wildman–Crippen MR) is 166 cm³/mol. The molecule has 0 radical (unpaired) electrons. The van der Waals surface area contributed by atoms with Crippen molar-refractivity contribution in [3.63, 3.8) is 0 Å². The number of hydrogen-bond donors (Lipinski definition) is 1. The second-order valence-electron chi connectivity index (χ2n) is 9.67. The van der Waals surface area contributed by atoms with Crippen LogP contribution in [0.25, 0.3) is 10.4 Å². The number of aromatic nitrogens is 1. The molecule has 0 spiro atoms. The highest BCUT2D eigenvalue weighted by Gasteiger charge is 2.19. The van der Waals surface area contributed by atoms with Gasteiger partial charge in [0.05, 0.1) is 23.7 Å². The van der Waals surface area contributed by atoms with Crippen molar-refractivity contribution in [3.05, 3.63) is 107 Å². The number of hydrogen-bond acceptors (Lipinski definition) is 6. The molecule has 41 heavy (non-hydrogen) atoms. The topological polar surface area (TPSA) is 79.7 Å². The van der Waals surface area contributed by atoms with Gasteiger partial charge in [-0.3, -0.25) is 9.78 Å². The van der Waals surface area contributed by atoms with Gasteiger partial charge >= 0.3 is 0 Å². The lowest BCUT2D eigenvalue weighted by atomic mass is 9.90. The largest absolute Gasteiger partial charge is 0.489 e. The number of benzene rings is 2. The quantitative estimate of drug-likeness (QED) is 0.158. The summed E-state index contributed by atoms with van der Waals surface area (Å²) in [4.78, 5) is 31.7. The molecular weight excluding hydrogens is 532 g/mol. The van der Waals surface area contributed by atoms with Gasteiger partial charge in [0, 0.05) is 18.2 Å². The van der Waals surface area contributed by atoms with E-state index in [-0.39, 0.29) is 12.5 Å². The maximum absolute atomic E-state index is 13.1. The minimum atomic E-state index is -0.171. The van der Waals surface area contributed by atoms with Crippen LogP contribution in [-0.2, 0) is 17.9 Å². The Hall–Kier alpha value is -3.81. The van der Waals surface area contributed by atoms with Crippen molar-refractivity contribution >= 4 is 23.5 Å². The Morgan fingerprint density at radius 3 is 2.27 bits per heavy atom. The Labute approximate surface area is 247 Å². The molecule has 0 bridgehead atoms. The number of aliphatic hydroxyl groups excluding tert-OH is 1. The van der Waals surface area contributed by atoms with Gasteiger partial charge in [-0.25, -0.2) is 0 Å². The number of carbonyl (C=O) groups is 2. The molecule has 2 heterocycles. The average Bonchev–Trinajstić information content (AvgIpc) is 3.52. The third-order valence-electron chi connectivity index (χ3n) is 6.75. The molecule has 0 aliphatic heterocycles. The van der Waals surface area contributed by atoms with Crippen molar-refractivity contribution in [2.24, 2.45) is 0 Å². The molecule has 0 aliphatic carbocycles. The summed E-state index contributed by atoms with van der Waals surface area (Å²) in [7, 11) is 1.00. The number of ether oxygens (including phenoxy) is 1. The van der Waals surface area contributed by atoms with Crippen LogP contribution < -0.4 is 4.74 Å². The molecular formula is C34H40N2O4S. The average molecular weight is 573 g/mol. The Morgan fingerprint density at radius 2 is 1.66 bits per heavy atom. The molecule has 0 fully saturated rings. The molecule has 4 aromatic rings. The number of nitrogens with zero attached hydrogens (tertiary/aromatic N) is 2. The van der Waals surface area contributed by atoms with Gasteiger partial charge in [0.2, 0.25) is 0 Å². The monoisotopic (exact) mass is 572 g/mol. The third-order valence-corrected chi connectivity index (χ3v) is 7.87. The third kappa shape index (κ3) is 9.37. The number of aliphatic hydroxyl groups is 1. The minimum Gasteiger partial charge on any atom is -0.489 e. The zero-order valence-corrected chi connectivity index (χ0v) is 25.0. The molecule has 0 atom stereocenters. The highest BCUT2D eigenvalue weighted by molar-refractivity contribution is 7.17. The van der Waals surface area contributed by atoms with E-state index in [0.717, 1.165) is 40.8 Å². The summed E-state index contributed by atoms with van der Waals surface area (Å²) in [5.41, 5.74) is 4.26. The summed E-state index contributed by atoms with van der Waals surface area (Å²) in [5, 5.41) is 7.00. The number of rotatable bonds is 14. The first kappa shape index (κ1) is 31.7. The SMILES string of the molecule is CCCC(CCC)c1ccc(OCc2ccc(-c3ccc(C(=O)N(CC=O)Cc4ccccn4)s3)cc2)cc1.CO. The normalized spacial score (nSPS) is 10.6. The summed E-state index contributed by atoms with van der Waals surface area (Å²) < 4.78 is 6.04. The summed E-state index contributed by atoms with van der Waals surface area (Å²) in [5.74, 6) is 1.33. The summed E-state index contributed by atoms with van der Waals surface area (Å²) in [6, 6.07) is 26.1. The zero-order chi connectivity index (χ0) is 29.5. The van der Waals surface area contributed by atoms with Crippen molar-refractivity contribution in [1.29, 1.82) is 0 Å². The van der Waals surface area contributed by atoms with E-state index in [1.165, 1.54) is 47.5 Å². The molecule has 6 nitrogen and oxygen atoms in total. The predicted octanol–water partition coefficient (Wildman–Crippen LogP) is 7.52. The number of thiophene rings is 1. The molecule has 4 rings (SSSR count). The van der Waals surface area contributed by atoms with E-state index in [9.17, 15) is 9.59 Å². The Morgan fingerprint density at radius 1 is 0.951 bits per heavy atom. The maximum atomic E-state index is 13.1. The first-order valence-corrected chi connectivity index (χ1v) is 14.9. The van der Waals surface area contributed by atoms with Crippen molar-refractivity contribution < 1.29 is 19.4 Å². The van der Waals surface area contributed by atoms with Gasteiger partial charge in [-0.05, 0) is 71.8 Å². The summed E-state index contributed by atoms with van der Waals surface area (Å²) in [6.45, 7) is 5.31. The van der Waals surface area contributed by atoms with E-state index in [0.29, 0.717) is 23.9 Å². The molecule has 216 valence electrons. The van der Waals surface area contributed by atoms with Crippen LogP contribution in [0.5, 0.6) is 5.75 Å². The first-order chi connectivity index (χ1) is 20.1. The smallest absolute Gasteiger partial charge is 0.264 e. The van der Waals surface area contributed by atoms with Crippen molar-refractivity contribution in [1.82, 2.24) is 9.88 Å². The molecule has 0 unspecified atom stereocenters. The standard InChI is InChI=1S/C33H36N2O3S.CH4O/c1-3-7-26(8-4-2)27-14-16-30(17-15-27)38-24-25-10-12-28(13-11-25)31-18-19-32(39-31)33(37)35(21-22-36)23-29-9-5-6-20-34-29;1-2/h5-6,9-20,22,26H,3-4,7-8,21,23-24H2,1-2H3;2H,1H3. The van der Waals surface area contributed by atoms with Gasteiger partial charge in [-0.15, -0.1) is 11.3 Å². The maximum Gasteiger partial charge on any atom is 0.264 e. The van der Waals surface area contributed by atoms with Crippen LogP contribution >= 0.6 is 11.3 Å². The fourth-order valence-corrected chi connectivity index (χ4v) is 5.68. The van der Waals surface area contributed by atoms with E-state index in [1.54, 1.807) is 6.20 Å². The fourth-order valence-electron chi connectivity index (χ4n) is 4.70. The Bertz CT molecular complexity index is 1320. The lowest BCUT2D eigenvalue weighted by Gasteiger charge is -2.18. The summed E-state index contributed by atoms with van der Waals surface area (Å²) >= 11 is 1.43. The summed E-state index contributed by atoms with van der Waals surface area (Å²) in [6.07, 6.45) is 7.29. The van der Waals surface area contributed by atoms with E-state index in [1.807, 2.05) is 30.3 Å². The molecule has 0 saturated heterocycles. The van der Waals surface area contributed by atoms with Crippen LogP contribution in [0.3, 0.4) is 0 Å². The van der Waals surface area contributed by atoms with E-state index in [4.69, 9.17) is 9.84 Å². The van der Waals surface area contributed by atoms with Crippen molar-refractivity contribution in [3.8, 4) is 16.2 Å². The highest BCUT2D eigenvalue weighted by atomic mass is 32.1. The second-order valence-corrected chi connectivity index (χ2v) is 10.7. The van der Waals surface area contributed by atoms with Gasteiger partial charge in [-0.1, -0.05) is 69.2 Å². The second kappa shape index (κ2) is 17.1. The molecule has 0 aliphatic rings. The lowest BCUT2D eigenvalue weighted by Crippen LogP contribution is -2.31. The first-order valence-electron chi connectivity index (χ1n) is 14.1. The molecule has 2 aromatic heterocycles. The van der Waals surface area contributed by atoms with Crippen molar-refractivity contribution in [2.45, 2.75) is 58.6 Å². The minimum absolute atomic E-state index is 0.0259. The molecule has 7 heteroatoms. The lowest BCUT2D eigenvalue weighted by molar-refractivity contribution is -0.108. The molecule has 1 amide bonds. The van der Waals surface area contributed by atoms with Gasteiger partial charge in [0.1, 0.15) is 18.6 Å². The van der Waals surface area contributed by atoms with E-state index in [2.05, 4.69) is 67.4 Å². The van der Waals surface area contributed by atoms with Gasteiger partial charge in [0.15, 0.2) is 0 Å². The van der Waals surface area contributed by atoms with Gasteiger partial charge < -0.3 is 19.5 Å². The van der Waals surface area contributed by atoms with Gasteiger partial charge in [-0.2, -0.15) is 0 Å². The van der Waals surface area contributed by atoms with E-state index >= 15 is 0 Å². The molecule has 1 N–H and O–H groups in total. The van der Waals surface area contributed by atoms with Crippen LogP contribution in [0.2, 0.25) is 0 Å². The molecule has 2 aromatic carbocycles. The van der Waals surface area contributed by atoms with Crippen LogP contribution in [-0.4, -0.2) is 40.8 Å². The highest BCUT2D eigenvalue weighted by Crippen LogP contribution is 2.30. The van der Waals surface area contributed by atoms with Crippen LogP contribution in [0.4, 0.5) is 0 Å². The zero-order valence-electron chi connectivity index (χ0n) is 24.2. The van der Waals surface area contributed by atoms with Crippen LogP contribution in [0.1, 0.15) is 71.9 Å². The van der Waals surface area contributed by atoms with Crippen LogP contribution in [0, 0.1) is 0 Å². The number of pyridine rings is 1.